The predicted octanol–water partition coefficient (Wildman–Crippen LogP) is 1.12. The Hall–Kier alpha value is -1.73. The summed E-state index contributed by atoms with van der Waals surface area (Å²) >= 11 is 0. The Balaban J connectivity index is 2.72. The molecule has 1 aromatic heterocycles. The molecule has 3 N–H and O–H groups in total. The van der Waals surface area contributed by atoms with Gasteiger partial charge in [-0.1, -0.05) is 0 Å². The second-order valence-corrected chi connectivity index (χ2v) is 2.87. The lowest BCUT2D eigenvalue weighted by atomic mass is 10.4. The van der Waals surface area contributed by atoms with Crippen molar-refractivity contribution in [3.05, 3.63) is 11.9 Å². The molecule has 0 saturated carbocycles. The van der Waals surface area contributed by atoms with Crippen molar-refractivity contribution in [1.82, 2.24) is 9.78 Å². The number of aromatic carboxylic acids is 1. The van der Waals surface area contributed by atoms with Crippen LogP contribution in [-0.2, 0) is 6.54 Å². The number of carboxylic acid groups (broad SMARTS) is 1. The molecule has 0 spiro atoms. The van der Waals surface area contributed by atoms with Gasteiger partial charge in [-0.3, -0.25) is 4.68 Å². The molecule has 0 aliphatic carbocycles. The number of nitrogens with zero attached hydrogens (tertiary/aromatic N) is 2. The summed E-state index contributed by atoms with van der Waals surface area (Å²) in [6.07, 6.45) is -4.31. The van der Waals surface area contributed by atoms with E-state index < -0.39 is 30.8 Å². The van der Waals surface area contributed by atoms with Crippen molar-refractivity contribution in [2.45, 2.75) is 19.1 Å². The zero-order valence-electron chi connectivity index (χ0n) is 7.45. The molecule has 0 saturated heterocycles. The Labute approximate surface area is 82.3 Å². The standard InChI is InChI=1S/C7H8F3N3O2/c8-7(9,10)1-2-13-3-4(11)5(12-13)6(14)15/h3H,1-2,11H2,(H,14,15). The molecule has 0 aliphatic heterocycles. The van der Waals surface area contributed by atoms with Gasteiger partial charge in [0.2, 0.25) is 0 Å². The molecule has 0 amide bonds. The molecular weight excluding hydrogens is 215 g/mol. The number of carboxylic acids is 1. The van der Waals surface area contributed by atoms with Gasteiger partial charge in [-0.15, -0.1) is 0 Å². The van der Waals surface area contributed by atoms with Crippen LogP contribution < -0.4 is 5.73 Å². The molecule has 0 atom stereocenters. The Morgan fingerprint density at radius 1 is 1.60 bits per heavy atom. The first kappa shape index (κ1) is 11.3. The number of nitrogens with two attached hydrogens (primary N) is 1. The average molecular weight is 223 g/mol. The van der Waals surface area contributed by atoms with Gasteiger partial charge >= 0.3 is 12.1 Å². The van der Waals surface area contributed by atoms with E-state index >= 15 is 0 Å². The molecule has 1 heterocycles. The Bertz CT molecular complexity index is 372. The molecule has 8 heteroatoms. The topological polar surface area (TPSA) is 81.1 Å². The van der Waals surface area contributed by atoms with Crippen LogP contribution in [0.3, 0.4) is 0 Å². The lowest BCUT2D eigenvalue weighted by Gasteiger charge is -2.05. The van der Waals surface area contributed by atoms with Crippen molar-refractivity contribution in [2.24, 2.45) is 0 Å². The van der Waals surface area contributed by atoms with Crippen LogP contribution in [-0.4, -0.2) is 27.0 Å². The van der Waals surface area contributed by atoms with E-state index in [4.69, 9.17) is 10.8 Å². The van der Waals surface area contributed by atoms with Crippen molar-refractivity contribution >= 4 is 11.7 Å². The number of halogens is 3. The number of aryl methyl sites for hydroxylation is 1. The fourth-order valence-electron chi connectivity index (χ4n) is 0.959. The van der Waals surface area contributed by atoms with E-state index in [1.54, 1.807) is 0 Å². The van der Waals surface area contributed by atoms with Crippen LogP contribution in [0.25, 0.3) is 0 Å². The minimum Gasteiger partial charge on any atom is -0.476 e. The molecule has 0 radical (unpaired) electrons. The summed E-state index contributed by atoms with van der Waals surface area (Å²) in [5, 5.41) is 11.9. The molecule has 5 nitrogen and oxygen atoms in total. The Morgan fingerprint density at radius 2 is 2.20 bits per heavy atom. The van der Waals surface area contributed by atoms with Crippen molar-refractivity contribution < 1.29 is 23.1 Å². The number of hydrogen-bond donors (Lipinski definition) is 2. The van der Waals surface area contributed by atoms with Gasteiger partial charge in [0, 0.05) is 12.7 Å². The van der Waals surface area contributed by atoms with Gasteiger partial charge in [0.25, 0.3) is 0 Å². The van der Waals surface area contributed by atoms with Crippen LogP contribution in [0, 0.1) is 0 Å². The van der Waals surface area contributed by atoms with Gasteiger partial charge in [-0.05, 0) is 0 Å². The van der Waals surface area contributed by atoms with Crippen LogP contribution in [0.1, 0.15) is 16.9 Å². The van der Waals surface area contributed by atoms with Gasteiger partial charge in [0.15, 0.2) is 5.69 Å². The zero-order valence-corrected chi connectivity index (χ0v) is 7.45. The first-order valence-corrected chi connectivity index (χ1v) is 3.92. The van der Waals surface area contributed by atoms with E-state index in [0.29, 0.717) is 0 Å². The molecule has 84 valence electrons. The van der Waals surface area contributed by atoms with E-state index in [2.05, 4.69) is 5.10 Å². The van der Waals surface area contributed by atoms with Crippen LogP contribution >= 0.6 is 0 Å². The van der Waals surface area contributed by atoms with E-state index in [0.717, 1.165) is 10.9 Å². The van der Waals surface area contributed by atoms with Gasteiger partial charge < -0.3 is 10.8 Å². The summed E-state index contributed by atoms with van der Waals surface area (Å²) in [7, 11) is 0. The molecule has 0 fully saturated rings. The van der Waals surface area contributed by atoms with Gasteiger partial charge in [-0.25, -0.2) is 4.79 Å². The minimum atomic E-state index is -4.30. The third-order valence-electron chi connectivity index (χ3n) is 1.62. The molecule has 0 aromatic carbocycles. The summed E-state index contributed by atoms with van der Waals surface area (Å²) in [6.45, 7) is -0.443. The number of carbonyl (C=O) groups is 1. The number of anilines is 1. The zero-order chi connectivity index (χ0) is 11.6. The van der Waals surface area contributed by atoms with Crippen LogP contribution in [0.2, 0.25) is 0 Å². The number of hydrogen-bond acceptors (Lipinski definition) is 3. The number of rotatable bonds is 3. The molecule has 1 aromatic rings. The first-order chi connectivity index (χ1) is 6.79. The van der Waals surface area contributed by atoms with Crippen molar-refractivity contribution in [3.8, 4) is 0 Å². The van der Waals surface area contributed by atoms with Crippen molar-refractivity contribution in [3.63, 3.8) is 0 Å². The third kappa shape index (κ3) is 3.15. The fourth-order valence-corrected chi connectivity index (χ4v) is 0.959. The molecule has 0 bridgehead atoms. The maximum atomic E-state index is 11.8. The van der Waals surface area contributed by atoms with E-state index in [1.807, 2.05) is 0 Å². The lowest BCUT2D eigenvalue weighted by molar-refractivity contribution is -0.137. The SMILES string of the molecule is Nc1cn(CCC(F)(F)F)nc1C(=O)O. The van der Waals surface area contributed by atoms with Gasteiger partial charge in [-0.2, -0.15) is 18.3 Å². The molecular formula is C7H8F3N3O2. The highest BCUT2D eigenvalue weighted by atomic mass is 19.4. The molecule has 15 heavy (non-hydrogen) atoms. The van der Waals surface area contributed by atoms with Crippen LogP contribution in [0.4, 0.5) is 18.9 Å². The van der Waals surface area contributed by atoms with E-state index in [9.17, 15) is 18.0 Å². The van der Waals surface area contributed by atoms with Crippen LogP contribution in [0.15, 0.2) is 6.20 Å². The highest BCUT2D eigenvalue weighted by Gasteiger charge is 2.27. The largest absolute Gasteiger partial charge is 0.476 e. The fraction of sp³-hybridized carbons (Fsp3) is 0.429. The van der Waals surface area contributed by atoms with Crippen molar-refractivity contribution in [2.75, 3.05) is 5.73 Å². The predicted molar refractivity (Wildman–Crippen MR) is 44.3 cm³/mol. The minimum absolute atomic E-state index is 0.148. The average Bonchev–Trinajstić information content (AvgIpc) is 2.42. The second kappa shape index (κ2) is 3.79. The summed E-state index contributed by atoms with van der Waals surface area (Å²) in [5.74, 6) is -1.36. The van der Waals surface area contributed by atoms with Crippen molar-refractivity contribution in [1.29, 1.82) is 0 Å². The van der Waals surface area contributed by atoms with Gasteiger partial charge in [0.1, 0.15) is 0 Å². The van der Waals surface area contributed by atoms with E-state index in [-0.39, 0.29) is 5.69 Å². The number of nitrogen functional groups attached to an aromatic ring is 1. The summed E-state index contributed by atoms with van der Waals surface area (Å²) in [6, 6.07) is 0. The molecule has 1 rings (SSSR count). The number of aromatic nitrogens is 2. The highest BCUT2D eigenvalue weighted by Crippen LogP contribution is 2.20. The maximum absolute atomic E-state index is 11.8. The smallest absolute Gasteiger partial charge is 0.390 e. The Morgan fingerprint density at radius 3 is 2.60 bits per heavy atom. The normalized spacial score (nSPS) is 11.7. The quantitative estimate of drug-likeness (QED) is 0.804. The van der Waals surface area contributed by atoms with Gasteiger partial charge in [0.05, 0.1) is 12.1 Å². The lowest BCUT2D eigenvalue weighted by Crippen LogP contribution is -2.13. The summed E-state index contributed by atoms with van der Waals surface area (Å²) in [5.41, 5.74) is 4.65. The Kier molecular flexibility index (Phi) is 2.87. The third-order valence-corrected chi connectivity index (χ3v) is 1.62. The maximum Gasteiger partial charge on any atom is 0.390 e. The summed E-state index contributed by atoms with van der Waals surface area (Å²) < 4.78 is 36.3. The number of alkyl halides is 3. The molecule has 0 unspecified atom stereocenters. The second-order valence-electron chi connectivity index (χ2n) is 2.87. The summed E-state index contributed by atoms with van der Waals surface area (Å²) in [4.78, 5) is 10.5. The molecule has 0 aliphatic rings. The monoisotopic (exact) mass is 223 g/mol. The first-order valence-electron chi connectivity index (χ1n) is 3.92. The van der Waals surface area contributed by atoms with Crippen LogP contribution in [0.5, 0.6) is 0 Å². The van der Waals surface area contributed by atoms with E-state index in [1.165, 1.54) is 0 Å². The highest BCUT2D eigenvalue weighted by molar-refractivity contribution is 5.91.